The van der Waals surface area contributed by atoms with Gasteiger partial charge in [-0.15, -0.1) is 12.3 Å². The number of methoxy groups -OCH3 is 1. The van der Waals surface area contributed by atoms with E-state index < -0.39 is 57.6 Å². The van der Waals surface area contributed by atoms with Crippen LogP contribution < -0.4 is 0 Å². The molecular weight excluding hydrogens is 507 g/mol. The van der Waals surface area contributed by atoms with E-state index in [-0.39, 0.29) is 18.1 Å². The summed E-state index contributed by atoms with van der Waals surface area (Å²) in [6.07, 6.45) is 2.84. The first kappa shape index (κ1) is 32.8. The molecule has 0 unspecified atom stereocenters. The lowest BCUT2D eigenvalue weighted by Crippen LogP contribution is -2.50. The number of ketones is 1. The highest BCUT2D eigenvalue weighted by Gasteiger charge is 2.47. The smallest absolute Gasteiger partial charge is 0.460 e. The van der Waals surface area contributed by atoms with E-state index in [1.807, 2.05) is 0 Å². The van der Waals surface area contributed by atoms with Crippen molar-refractivity contribution < 1.29 is 33.3 Å². The Morgan fingerprint density at radius 3 is 1.91 bits per heavy atom. The Bertz CT molecular complexity index is 747. The van der Waals surface area contributed by atoms with Crippen molar-refractivity contribution in [3.8, 4) is 12.3 Å². The van der Waals surface area contributed by atoms with Gasteiger partial charge in [-0.2, -0.15) is 0 Å². The lowest BCUT2D eigenvalue weighted by Gasteiger charge is -2.39. The molecular formula is C24H37Cl3O7. The van der Waals surface area contributed by atoms with Crippen molar-refractivity contribution in [3.63, 3.8) is 0 Å². The lowest BCUT2D eigenvalue weighted by atomic mass is 9.70. The average molecular weight is 544 g/mol. The topological polar surface area (TPSA) is 88.1 Å². The molecule has 0 aromatic carbocycles. The van der Waals surface area contributed by atoms with E-state index in [1.165, 1.54) is 7.11 Å². The first-order valence-electron chi connectivity index (χ1n) is 10.9. The maximum atomic E-state index is 13.6. The molecule has 34 heavy (non-hydrogen) atoms. The van der Waals surface area contributed by atoms with Crippen LogP contribution in [0, 0.1) is 35.5 Å². The van der Waals surface area contributed by atoms with E-state index in [0.717, 1.165) is 0 Å². The van der Waals surface area contributed by atoms with Crippen molar-refractivity contribution >= 4 is 52.7 Å². The number of rotatable bonds is 11. The monoisotopic (exact) mass is 542 g/mol. The van der Waals surface area contributed by atoms with E-state index >= 15 is 0 Å². The number of hydrogen-bond donors (Lipinski definition) is 0. The third-order valence-electron chi connectivity index (χ3n) is 5.33. The SMILES string of the molecule is C#CC[C@H](C)[C@H](OC(=O)OCC(Cl)(Cl)Cl)[C@@H](C)C(=O)C(C)(C)[C@@H](OC)[C@H](C)C(=O)OC(C)(C)C. The standard InChI is InChI=1S/C24H37Cl3O7/c1-11-12-14(2)17(33-21(30)32-13-24(25,26)27)15(3)18(28)23(8,9)19(31-10)16(4)20(29)34-22(5,6)7/h1,14-17,19H,12-13H2,2-10H3/t14-,15+,16-,17-,19-/m0/s1. The summed E-state index contributed by atoms with van der Waals surface area (Å²) in [4.78, 5) is 38.6. The van der Waals surface area contributed by atoms with Gasteiger partial charge in [-0.1, -0.05) is 62.5 Å². The maximum Gasteiger partial charge on any atom is 0.508 e. The largest absolute Gasteiger partial charge is 0.508 e. The highest BCUT2D eigenvalue weighted by Crippen LogP contribution is 2.36. The Morgan fingerprint density at radius 1 is 0.971 bits per heavy atom. The summed E-state index contributed by atoms with van der Waals surface area (Å²) in [6.45, 7) is 13.1. The summed E-state index contributed by atoms with van der Waals surface area (Å²) in [5.74, 6) is -0.222. The quantitative estimate of drug-likeness (QED) is 0.186. The maximum absolute atomic E-state index is 13.6. The zero-order valence-corrected chi connectivity index (χ0v) is 23.6. The molecule has 0 saturated carbocycles. The molecule has 0 aliphatic carbocycles. The molecule has 0 heterocycles. The number of ether oxygens (including phenoxy) is 4. The van der Waals surface area contributed by atoms with Gasteiger partial charge in [0.25, 0.3) is 0 Å². The minimum atomic E-state index is -1.81. The first-order chi connectivity index (χ1) is 15.3. The van der Waals surface area contributed by atoms with Crippen molar-refractivity contribution in [1.82, 2.24) is 0 Å². The second-order valence-electron chi connectivity index (χ2n) is 9.97. The molecule has 0 saturated heterocycles. The molecule has 10 heteroatoms. The average Bonchev–Trinajstić information content (AvgIpc) is 2.67. The van der Waals surface area contributed by atoms with Crippen LogP contribution in [-0.4, -0.2) is 53.2 Å². The molecule has 0 amide bonds. The number of terminal acetylenes is 1. The van der Waals surface area contributed by atoms with Gasteiger partial charge in [-0.25, -0.2) is 4.79 Å². The molecule has 196 valence electrons. The van der Waals surface area contributed by atoms with Crippen LogP contribution >= 0.6 is 34.8 Å². The molecule has 5 atom stereocenters. The highest BCUT2D eigenvalue weighted by atomic mass is 35.6. The van der Waals surface area contributed by atoms with Crippen LogP contribution in [0.3, 0.4) is 0 Å². The molecule has 0 spiro atoms. The Labute approximate surface area is 218 Å². The van der Waals surface area contributed by atoms with Gasteiger partial charge in [0.2, 0.25) is 3.79 Å². The van der Waals surface area contributed by atoms with Crippen LogP contribution in [0.2, 0.25) is 0 Å². The van der Waals surface area contributed by atoms with E-state index in [1.54, 1.807) is 55.4 Å². The van der Waals surface area contributed by atoms with Gasteiger partial charge in [0.05, 0.1) is 23.4 Å². The van der Waals surface area contributed by atoms with Gasteiger partial charge in [0.15, 0.2) is 0 Å². The van der Waals surface area contributed by atoms with Crippen LogP contribution in [0.1, 0.15) is 61.8 Å². The summed E-state index contributed by atoms with van der Waals surface area (Å²) in [6, 6.07) is 0. The highest BCUT2D eigenvalue weighted by molar-refractivity contribution is 6.67. The summed E-state index contributed by atoms with van der Waals surface area (Å²) < 4.78 is 19.6. The molecule has 0 radical (unpaired) electrons. The lowest BCUT2D eigenvalue weighted by molar-refractivity contribution is -0.170. The van der Waals surface area contributed by atoms with E-state index in [4.69, 9.17) is 60.2 Å². The Hall–Kier alpha value is -1.20. The van der Waals surface area contributed by atoms with Gasteiger partial charge >= 0.3 is 12.1 Å². The van der Waals surface area contributed by atoms with Gasteiger partial charge in [0, 0.05) is 19.4 Å². The zero-order chi connectivity index (χ0) is 27.1. The van der Waals surface area contributed by atoms with Crippen LogP contribution in [0.15, 0.2) is 0 Å². The minimum absolute atomic E-state index is 0.239. The summed E-state index contributed by atoms with van der Waals surface area (Å²) in [5, 5.41) is 0. The van der Waals surface area contributed by atoms with Crippen molar-refractivity contribution in [2.45, 2.75) is 83.4 Å². The molecule has 0 aromatic rings. The summed E-state index contributed by atoms with van der Waals surface area (Å²) in [5.41, 5.74) is -1.84. The van der Waals surface area contributed by atoms with E-state index in [9.17, 15) is 14.4 Å². The van der Waals surface area contributed by atoms with Gasteiger partial charge in [0.1, 0.15) is 24.1 Å². The van der Waals surface area contributed by atoms with Crippen LogP contribution in [0.25, 0.3) is 0 Å². The molecule has 0 aliphatic rings. The zero-order valence-electron chi connectivity index (χ0n) is 21.4. The Kier molecular flexibility index (Phi) is 12.7. The Balaban J connectivity index is 5.81. The number of alkyl halides is 3. The second-order valence-corrected chi connectivity index (χ2v) is 12.5. The third kappa shape index (κ3) is 10.6. The molecule has 0 rings (SSSR count). The fourth-order valence-electron chi connectivity index (χ4n) is 3.82. The third-order valence-corrected chi connectivity index (χ3v) is 5.65. The summed E-state index contributed by atoms with van der Waals surface area (Å²) in [7, 11) is 1.42. The molecule has 0 bridgehead atoms. The number of halogens is 3. The van der Waals surface area contributed by atoms with Crippen molar-refractivity contribution in [3.05, 3.63) is 0 Å². The van der Waals surface area contributed by atoms with Crippen LogP contribution in [0.5, 0.6) is 0 Å². The summed E-state index contributed by atoms with van der Waals surface area (Å²) >= 11 is 16.8. The first-order valence-corrected chi connectivity index (χ1v) is 12.1. The van der Waals surface area contributed by atoms with Crippen molar-refractivity contribution in [2.75, 3.05) is 13.7 Å². The fourth-order valence-corrected chi connectivity index (χ4v) is 3.98. The predicted molar refractivity (Wildman–Crippen MR) is 133 cm³/mol. The number of hydrogen-bond acceptors (Lipinski definition) is 7. The van der Waals surface area contributed by atoms with Crippen LogP contribution in [0.4, 0.5) is 4.79 Å². The Morgan fingerprint density at radius 2 is 1.50 bits per heavy atom. The van der Waals surface area contributed by atoms with Crippen molar-refractivity contribution in [1.29, 1.82) is 0 Å². The second kappa shape index (κ2) is 13.2. The fraction of sp³-hybridized carbons (Fsp3) is 0.792. The van der Waals surface area contributed by atoms with E-state index in [2.05, 4.69) is 5.92 Å². The molecule has 0 N–H and O–H groups in total. The number of carbonyl (C=O) groups excluding carboxylic acids is 3. The molecule has 7 nitrogen and oxygen atoms in total. The van der Waals surface area contributed by atoms with Crippen LogP contribution in [-0.2, 0) is 28.5 Å². The van der Waals surface area contributed by atoms with Gasteiger partial charge < -0.3 is 18.9 Å². The molecule has 0 aromatic heterocycles. The number of Topliss-reactive ketones (excluding diaryl/α,β-unsaturated/α-hetero) is 1. The van der Waals surface area contributed by atoms with Gasteiger partial charge in [-0.05, 0) is 27.7 Å². The molecule has 0 fully saturated rings. The normalized spacial score (nSPS) is 16.9. The van der Waals surface area contributed by atoms with E-state index in [0.29, 0.717) is 0 Å². The predicted octanol–water partition coefficient (Wildman–Crippen LogP) is 5.76. The van der Waals surface area contributed by atoms with Gasteiger partial charge in [-0.3, -0.25) is 9.59 Å². The number of esters is 1. The minimum Gasteiger partial charge on any atom is -0.460 e. The van der Waals surface area contributed by atoms with Crippen molar-refractivity contribution in [2.24, 2.45) is 23.2 Å². The number of carbonyl (C=O) groups is 3. The molecule has 0 aliphatic heterocycles.